The molecule has 152 valence electrons. The van der Waals surface area contributed by atoms with E-state index in [1.54, 1.807) is 0 Å². The minimum absolute atomic E-state index is 0.0892. The van der Waals surface area contributed by atoms with E-state index >= 15 is 0 Å². The molecule has 0 aliphatic carbocycles. The molecule has 1 fully saturated rings. The molecule has 1 aromatic rings. The van der Waals surface area contributed by atoms with Gasteiger partial charge in [0, 0.05) is 19.6 Å². The van der Waals surface area contributed by atoms with Gasteiger partial charge in [0.2, 0.25) is 0 Å². The van der Waals surface area contributed by atoms with E-state index in [0.29, 0.717) is 17.8 Å². The largest absolute Gasteiger partial charge is 0.366 e. The van der Waals surface area contributed by atoms with Crippen LogP contribution in [-0.2, 0) is 9.59 Å². The molecule has 4 nitrogen and oxygen atoms in total. The summed E-state index contributed by atoms with van der Waals surface area (Å²) in [5.74, 6) is -0.199. The van der Waals surface area contributed by atoms with E-state index in [0.717, 1.165) is 44.3 Å². The van der Waals surface area contributed by atoms with E-state index < -0.39 is 0 Å². The number of hydrogen-bond acceptors (Lipinski definition) is 3. The highest BCUT2D eigenvalue weighted by molar-refractivity contribution is 6.35. The topological polar surface area (TPSA) is 40.6 Å². The van der Waals surface area contributed by atoms with Gasteiger partial charge in [-0.2, -0.15) is 0 Å². The van der Waals surface area contributed by atoms with Crippen molar-refractivity contribution in [3.05, 3.63) is 41.6 Å². The minimum atomic E-state index is -0.110. The number of unbranched alkanes of at least 4 members (excludes halogenated alkanes) is 7. The Bertz CT molecular complexity index is 690. The van der Waals surface area contributed by atoms with Crippen molar-refractivity contribution in [3.8, 4) is 0 Å². The summed E-state index contributed by atoms with van der Waals surface area (Å²) in [6.07, 6.45) is 11.8. The second kappa shape index (κ2) is 10.4. The molecule has 1 saturated heterocycles. The zero-order chi connectivity index (χ0) is 19.8. The fourth-order valence-corrected chi connectivity index (χ4v) is 4.27. The van der Waals surface area contributed by atoms with Gasteiger partial charge in [0.15, 0.2) is 0 Å². The van der Waals surface area contributed by atoms with Crippen LogP contribution in [0, 0.1) is 0 Å². The van der Waals surface area contributed by atoms with Crippen LogP contribution in [0.5, 0.6) is 0 Å². The van der Waals surface area contributed by atoms with Crippen molar-refractivity contribution in [2.24, 2.45) is 0 Å². The second-order valence-corrected chi connectivity index (χ2v) is 8.02. The standard InChI is InChI=1S/C24H34N2O2/c1-2-3-4-5-6-7-8-12-19-26-23(27)21(20-15-10-9-11-16-20)22(24(26)28)25-17-13-14-18-25/h9-11,15-16H,2-8,12-14,17-19H2,1H3. The molecule has 0 bridgehead atoms. The molecule has 2 aliphatic rings. The van der Waals surface area contributed by atoms with Crippen LogP contribution in [0.3, 0.4) is 0 Å². The van der Waals surface area contributed by atoms with Gasteiger partial charge in [0.05, 0.1) is 5.57 Å². The van der Waals surface area contributed by atoms with Crippen LogP contribution >= 0.6 is 0 Å². The number of benzene rings is 1. The SMILES string of the molecule is CCCCCCCCCCN1C(=O)C(c2ccccc2)=C(N2CCCC2)C1=O. The van der Waals surface area contributed by atoms with Crippen molar-refractivity contribution in [2.45, 2.75) is 71.1 Å². The molecule has 0 N–H and O–H groups in total. The van der Waals surface area contributed by atoms with Crippen molar-refractivity contribution >= 4 is 17.4 Å². The minimum Gasteiger partial charge on any atom is -0.366 e. The lowest BCUT2D eigenvalue weighted by Gasteiger charge is -2.20. The monoisotopic (exact) mass is 382 g/mol. The average molecular weight is 383 g/mol. The molecule has 4 heteroatoms. The third kappa shape index (κ3) is 4.84. The summed E-state index contributed by atoms with van der Waals surface area (Å²) < 4.78 is 0. The molecular formula is C24H34N2O2. The van der Waals surface area contributed by atoms with Gasteiger partial charge >= 0.3 is 0 Å². The van der Waals surface area contributed by atoms with E-state index in [-0.39, 0.29) is 11.8 Å². The van der Waals surface area contributed by atoms with Gasteiger partial charge < -0.3 is 4.90 Å². The van der Waals surface area contributed by atoms with Gasteiger partial charge in [-0.1, -0.05) is 82.2 Å². The molecule has 3 rings (SSSR count). The lowest BCUT2D eigenvalue weighted by atomic mass is 10.0. The summed E-state index contributed by atoms with van der Waals surface area (Å²) in [7, 11) is 0. The maximum absolute atomic E-state index is 13.1. The van der Waals surface area contributed by atoms with Crippen LogP contribution < -0.4 is 0 Å². The molecular weight excluding hydrogens is 348 g/mol. The second-order valence-electron chi connectivity index (χ2n) is 8.02. The Morgan fingerprint density at radius 3 is 2.04 bits per heavy atom. The zero-order valence-electron chi connectivity index (χ0n) is 17.3. The molecule has 0 saturated carbocycles. The first-order valence-electron chi connectivity index (χ1n) is 11.1. The first-order valence-corrected chi connectivity index (χ1v) is 11.1. The smallest absolute Gasteiger partial charge is 0.277 e. The first-order chi connectivity index (χ1) is 13.7. The summed E-state index contributed by atoms with van der Waals surface area (Å²) >= 11 is 0. The van der Waals surface area contributed by atoms with Crippen LogP contribution in [0.15, 0.2) is 36.0 Å². The maximum Gasteiger partial charge on any atom is 0.277 e. The van der Waals surface area contributed by atoms with Crippen molar-refractivity contribution in [1.29, 1.82) is 0 Å². The van der Waals surface area contributed by atoms with E-state index in [9.17, 15) is 9.59 Å². The van der Waals surface area contributed by atoms with E-state index in [1.807, 2.05) is 30.3 Å². The molecule has 2 aliphatic heterocycles. The summed E-state index contributed by atoms with van der Waals surface area (Å²) in [4.78, 5) is 29.9. The van der Waals surface area contributed by atoms with Crippen molar-refractivity contribution in [2.75, 3.05) is 19.6 Å². The average Bonchev–Trinajstić information content (AvgIpc) is 3.32. The fourth-order valence-electron chi connectivity index (χ4n) is 4.27. The van der Waals surface area contributed by atoms with Gasteiger partial charge in [-0.3, -0.25) is 14.5 Å². The van der Waals surface area contributed by atoms with Crippen molar-refractivity contribution in [3.63, 3.8) is 0 Å². The Hall–Kier alpha value is -2.10. The number of imide groups is 1. The van der Waals surface area contributed by atoms with Gasteiger partial charge in [-0.05, 0) is 24.8 Å². The van der Waals surface area contributed by atoms with Crippen LogP contribution in [0.1, 0.15) is 76.7 Å². The number of rotatable bonds is 11. The molecule has 28 heavy (non-hydrogen) atoms. The Balaban J connectivity index is 1.61. The zero-order valence-corrected chi connectivity index (χ0v) is 17.3. The Labute approximate surface area is 169 Å². The quantitative estimate of drug-likeness (QED) is 0.399. The van der Waals surface area contributed by atoms with Crippen molar-refractivity contribution in [1.82, 2.24) is 9.80 Å². The van der Waals surface area contributed by atoms with Gasteiger partial charge in [0.25, 0.3) is 11.8 Å². The number of carbonyl (C=O) groups is 2. The van der Waals surface area contributed by atoms with Gasteiger partial charge in [0.1, 0.15) is 5.70 Å². The number of hydrogen-bond donors (Lipinski definition) is 0. The first kappa shape index (κ1) is 20.6. The Morgan fingerprint density at radius 1 is 0.786 bits per heavy atom. The highest BCUT2D eigenvalue weighted by atomic mass is 16.2. The van der Waals surface area contributed by atoms with Gasteiger partial charge in [-0.25, -0.2) is 0 Å². The number of nitrogens with zero attached hydrogens (tertiary/aromatic N) is 2. The normalized spacial score (nSPS) is 17.3. The van der Waals surface area contributed by atoms with Crippen LogP contribution in [0.25, 0.3) is 5.57 Å². The molecule has 2 amide bonds. The Morgan fingerprint density at radius 2 is 1.39 bits per heavy atom. The highest BCUT2D eigenvalue weighted by Gasteiger charge is 2.41. The predicted octanol–water partition coefficient (Wildman–Crippen LogP) is 5.00. The number of likely N-dealkylation sites (tertiary alicyclic amines) is 1. The third-order valence-electron chi connectivity index (χ3n) is 5.86. The summed E-state index contributed by atoms with van der Waals surface area (Å²) in [6, 6.07) is 9.69. The van der Waals surface area contributed by atoms with Crippen molar-refractivity contribution < 1.29 is 9.59 Å². The van der Waals surface area contributed by atoms with E-state index in [2.05, 4.69) is 11.8 Å². The van der Waals surface area contributed by atoms with E-state index in [4.69, 9.17) is 0 Å². The van der Waals surface area contributed by atoms with E-state index in [1.165, 1.54) is 43.4 Å². The van der Waals surface area contributed by atoms with Crippen LogP contribution in [-0.4, -0.2) is 41.2 Å². The maximum atomic E-state index is 13.1. The number of amides is 2. The molecule has 1 aromatic carbocycles. The highest BCUT2D eigenvalue weighted by Crippen LogP contribution is 2.33. The molecule has 0 aromatic heterocycles. The van der Waals surface area contributed by atoms with Crippen LogP contribution in [0.4, 0.5) is 0 Å². The summed E-state index contributed by atoms with van der Waals surface area (Å²) in [6.45, 7) is 4.52. The predicted molar refractivity (Wildman–Crippen MR) is 113 cm³/mol. The lowest BCUT2D eigenvalue weighted by Crippen LogP contribution is -2.35. The third-order valence-corrected chi connectivity index (χ3v) is 5.86. The summed E-state index contributed by atoms with van der Waals surface area (Å²) in [5.41, 5.74) is 2.10. The van der Waals surface area contributed by atoms with Gasteiger partial charge in [-0.15, -0.1) is 0 Å². The molecule has 0 radical (unpaired) electrons. The Kier molecular flexibility index (Phi) is 7.70. The summed E-state index contributed by atoms with van der Waals surface area (Å²) in [5, 5.41) is 0. The van der Waals surface area contributed by atoms with Crippen LogP contribution in [0.2, 0.25) is 0 Å². The molecule has 0 atom stereocenters. The lowest BCUT2D eigenvalue weighted by molar-refractivity contribution is -0.137. The molecule has 2 heterocycles. The number of carbonyl (C=O) groups excluding carboxylic acids is 2. The molecule has 0 unspecified atom stereocenters. The fraction of sp³-hybridized carbons (Fsp3) is 0.583. The molecule has 0 spiro atoms.